The number of fused-ring (bicyclic) bond motifs is 1. The lowest BCUT2D eigenvalue weighted by molar-refractivity contribution is -0.141. The molecule has 25 nitrogen and oxygen atoms in total. The first-order chi connectivity index (χ1) is 29.9. The van der Waals surface area contributed by atoms with Gasteiger partial charge in [0.2, 0.25) is 17.7 Å². The van der Waals surface area contributed by atoms with Crippen molar-refractivity contribution in [1.82, 2.24) is 31.9 Å². The van der Waals surface area contributed by atoms with E-state index in [1.54, 1.807) is 0 Å². The third-order valence-corrected chi connectivity index (χ3v) is 10.7. The molecular formula is C38H72N18O7. The molecule has 4 amide bonds. The first-order valence-electron chi connectivity index (χ1n) is 21.2. The van der Waals surface area contributed by atoms with Gasteiger partial charge in [-0.25, -0.2) is 4.79 Å². The number of aliphatic carboxylic acids is 1. The molecule has 0 aliphatic heterocycles. The monoisotopic (exact) mass is 893 g/mol. The molecule has 0 aromatic rings. The lowest BCUT2D eigenvalue weighted by Crippen LogP contribution is -2.59. The summed E-state index contributed by atoms with van der Waals surface area (Å²) in [6.07, 6.45) is 4.89. The van der Waals surface area contributed by atoms with Crippen LogP contribution in [0.4, 0.5) is 0 Å². The Balaban J connectivity index is 2.27. The van der Waals surface area contributed by atoms with Gasteiger partial charge in [0.1, 0.15) is 18.3 Å². The normalized spacial score (nSPS) is 20.2. The van der Waals surface area contributed by atoms with Crippen molar-refractivity contribution in [1.29, 1.82) is 0 Å². The molecule has 0 heterocycles. The molecule has 0 radical (unpaired) electrons. The van der Waals surface area contributed by atoms with E-state index in [0.717, 1.165) is 0 Å². The summed E-state index contributed by atoms with van der Waals surface area (Å²) >= 11 is 0. The van der Waals surface area contributed by atoms with E-state index in [9.17, 15) is 34.2 Å². The number of nitrogens with two attached hydrogens (primary N) is 9. The molecule has 2 fully saturated rings. The number of hydrogen-bond acceptors (Lipinski definition) is 14. The zero-order chi connectivity index (χ0) is 47.1. The van der Waals surface area contributed by atoms with Gasteiger partial charge in [0.05, 0.1) is 30.4 Å². The van der Waals surface area contributed by atoms with Crippen molar-refractivity contribution in [2.24, 2.45) is 84.3 Å². The van der Waals surface area contributed by atoms with E-state index in [1.807, 2.05) is 0 Å². The number of aliphatic imine (C=N–C) groups is 3. The predicted octanol–water partition coefficient (Wildman–Crippen LogP) is -5.86. The molecule has 356 valence electrons. The van der Waals surface area contributed by atoms with Gasteiger partial charge in [0, 0.05) is 25.3 Å². The van der Waals surface area contributed by atoms with Gasteiger partial charge in [-0.15, -0.1) is 0 Å². The van der Waals surface area contributed by atoms with Gasteiger partial charge in [-0.2, -0.15) is 0 Å². The highest BCUT2D eigenvalue weighted by Gasteiger charge is 2.85. The molecule has 0 aromatic carbocycles. The Bertz CT molecular complexity index is 1650. The van der Waals surface area contributed by atoms with Crippen molar-refractivity contribution >= 4 is 47.5 Å². The zero-order valence-electron chi connectivity index (χ0n) is 36.0. The largest absolute Gasteiger partial charge is 0.480 e. The lowest BCUT2D eigenvalue weighted by Gasteiger charge is -2.33. The highest BCUT2D eigenvalue weighted by molar-refractivity contribution is 5.92. The topological polar surface area (TPSA) is 469 Å². The summed E-state index contributed by atoms with van der Waals surface area (Å²) in [5.74, 6) is -4.07. The number of carboxylic acid groups (broad SMARTS) is 1. The van der Waals surface area contributed by atoms with Crippen LogP contribution in [-0.4, -0.2) is 133 Å². The van der Waals surface area contributed by atoms with E-state index >= 15 is 0 Å². The summed E-state index contributed by atoms with van der Waals surface area (Å²) in [5.41, 5.74) is 49.0. The molecule has 2 rings (SSSR count). The molecule has 4 unspecified atom stereocenters. The van der Waals surface area contributed by atoms with E-state index in [1.165, 1.54) is 6.08 Å². The molecule has 6 atom stereocenters. The number of rotatable bonds is 34. The fourth-order valence-electron chi connectivity index (χ4n) is 7.41. The van der Waals surface area contributed by atoms with Gasteiger partial charge in [-0.3, -0.25) is 39.5 Å². The van der Waals surface area contributed by atoms with Crippen LogP contribution in [0.1, 0.15) is 70.6 Å². The molecule has 26 N–H and O–H groups in total. The van der Waals surface area contributed by atoms with Gasteiger partial charge >= 0.3 is 5.97 Å². The van der Waals surface area contributed by atoms with Crippen LogP contribution in [0, 0.1) is 17.8 Å². The molecule has 2 saturated carbocycles. The molecule has 0 saturated heterocycles. The molecule has 0 spiro atoms. The third kappa shape index (κ3) is 18.5. The SMILES string of the molecule is C=C(NCC(=O)N[C@@H](CCCN=C(N)N)C(=O)O)C1(NC(=O)[C@H](CCCN=C(N)N)NC(=O)C(CCCCCN)NC(O)CNC(=O)/C(N)=C/CCCN)C2C(CCN=C(N)N)C21. The number of nitrogens with one attached hydrogen (secondary N) is 6. The summed E-state index contributed by atoms with van der Waals surface area (Å²) in [6.45, 7) is 5.09. The van der Waals surface area contributed by atoms with Gasteiger partial charge < -0.3 is 88.4 Å². The van der Waals surface area contributed by atoms with Crippen LogP contribution in [0.2, 0.25) is 0 Å². The van der Waals surface area contributed by atoms with Crippen molar-refractivity contribution < 1.29 is 34.2 Å². The number of amides is 4. The standard InChI is InChI=1S/C38H72N18O7/c1-21(51-19-27(57)54-26(34(62)63)12-8-17-49-36(44)45)38(29-22(30(29)38)13-18-50-37(46)47)56-33(61)25(11-7-16-48-35(42)43)55-32(60)24(10-3-2-5-14-39)53-28(58)20-52-31(59)23(41)9-4-6-15-40/h9,22,24-26,28-30,51,53,58H,1-8,10-20,39-41H2,(H,52,59)(H,54,57)(H,55,60)(H,56,61)(H,62,63)(H4,42,43,48)(H4,44,45,49)(H4,46,47,50)/b23-9-/t22?,24?,25-,26-,28?,29?,30?,38?/m0/s1. The van der Waals surface area contributed by atoms with E-state index in [0.29, 0.717) is 70.3 Å². The zero-order valence-corrected chi connectivity index (χ0v) is 36.0. The first kappa shape index (κ1) is 53.2. The maximum Gasteiger partial charge on any atom is 0.326 e. The number of carbonyl (C=O) groups excluding carboxylic acids is 4. The molecule has 25 heteroatoms. The Labute approximate surface area is 367 Å². The van der Waals surface area contributed by atoms with Crippen LogP contribution >= 0.6 is 0 Å². The van der Waals surface area contributed by atoms with Gasteiger partial charge in [0.25, 0.3) is 5.91 Å². The van der Waals surface area contributed by atoms with E-state index in [4.69, 9.17) is 51.6 Å². The number of unbranched alkanes of at least 4 members (excludes halogenated alkanes) is 3. The Kier molecular flexibility index (Phi) is 23.0. The van der Waals surface area contributed by atoms with Crippen molar-refractivity contribution in [3.05, 3.63) is 24.0 Å². The van der Waals surface area contributed by atoms with Crippen LogP contribution in [0.5, 0.6) is 0 Å². The number of carboxylic acids is 1. The van der Waals surface area contributed by atoms with E-state index < -0.39 is 59.5 Å². The van der Waals surface area contributed by atoms with Crippen LogP contribution in [-0.2, 0) is 24.0 Å². The van der Waals surface area contributed by atoms with Gasteiger partial charge in [-0.1, -0.05) is 25.5 Å². The van der Waals surface area contributed by atoms with Crippen LogP contribution in [0.3, 0.4) is 0 Å². The average molecular weight is 893 g/mol. The number of nitrogens with zero attached hydrogens (tertiary/aromatic N) is 3. The predicted molar refractivity (Wildman–Crippen MR) is 239 cm³/mol. The summed E-state index contributed by atoms with van der Waals surface area (Å²) in [6, 6.07) is -3.34. The Morgan fingerprint density at radius 3 is 1.84 bits per heavy atom. The molecule has 0 bridgehead atoms. The van der Waals surface area contributed by atoms with Crippen molar-refractivity contribution in [3.8, 4) is 0 Å². The second-order valence-electron chi connectivity index (χ2n) is 15.6. The summed E-state index contributed by atoms with van der Waals surface area (Å²) in [5, 5.41) is 37.3. The molecule has 0 aromatic heterocycles. The number of aliphatic hydroxyl groups is 1. The summed E-state index contributed by atoms with van der Waals surface area (Å²) in [7, 11) is 0. The average Bonchev–Trinajstić information content (AvgIpc) is 4.13. The highest BCUT2D eigenvalue weighted by Crippen LogP contribution is 2.78. The van der Waals surface area contributed by atoms with E-state index in [2.05, 4.69) is 53.5 Å². The Hall–Kier alpha value is -5.92. The second-order valence-corrected chi connectivity index (χ2v) is 15.6. The fourth-order valence-corrected chi connectivity index (χ4v) is 7.41. The van der Waals surface area contributed by atoms with Gasteiger partial charge in [-0.05, 0) is 88.6 Å². The Morgan fingerprint density at radius 2 is 1.27 bits per heavy atom. The number of carbonyl (C=O) groups is 5. The lowest BCUT2D eigenvalue weighted by atomic mass is 9.91. The van der Waals surface area contributed by atoms with Crippen LogP contribution < -0.4 is 83.5 Å². The maximum atomic E-state index is 14.3. The molecular weight excluding hydrogens is 821 g/mol. The minimum atomic E-state index is -1.37. The molecule has 2 aliphatic carbocycles. The van der Waals surface area contributed by atoms with E-state index in [-0.39, 0.29) is 93.2 Å². The van der Waals surface area contributed by atoms with Crippen LogP contribution in [0.15, 0.2) is 39.0 Å². The highest BCUT2D eigenvalue weighted by atomic mass is 16.4. The first-order valence-corrected chi connectivity index (χ1v) is 21.2. The van der Waals surface area contributed by atoms with Gasteiger partial charge in [0.15, 0.2) is 17.9 Å². The number of aliphatic hydroxyl groups excluding tert-OH is 1. The number of guanidine groups is 3. The maximum absolute atomic E-state index is 14.3. The summed E-state index contributed by atoms with van der Waals surface area (Å²) in [4.78, 5) is 77.4. The minimum absolute atomic E-state index is 0.0345. The smallest absolute Gasteiger partial charge is 0.326 e. The van der Waals surface area contributed by atoms with Crippen molar-refractivity contribution in [3.63, 3.8) is 0 Å². The van der Waals surface area contributed by atoms with Crippen LogP contribution in [0.25, 0.3) is 0 Å². The molecule has 2 aliphatic rings. The number of hydrogen-bond donors (Lipinski definition) is 17. The number of allylic oxidation sites excluding steroid dienone is 1. The second kappa shape index (κ2) is 27.2. The quantitative estimate of drug-likeness (QED) is 0.00940. The summed E-state index contributed by atoms with van der Waals surface area (Å²) < 4.78 is 0. The Morgan fingerprint density at radius 1 is 0.698 bits per heavy atom. The van der Waals surface area contributed by atoms with Crippen molar-refractivity contribution in [2.45, 2.75) is 101 Å². The molecule has 63 heavy (non-hydrogen) atoms. The fraction of sp³-hybridized carbons (Fsp3) is 0.684. The minimum Gasteiger partial charge on any atom is -0.480 e. The third-order valence-electron chi connectivity index (χ3n) is 10.7. The van der Waals surface area contributed by atoms with Crippen molar-refractivity contribution in [2.75, 3.05) is 45.8 Å².